The number of aliphatic hydroxyl groups excluding tert-OH is 1. The van der Waals surface area contributed by atoms with Crippen LogP contribution < -0.4 is 10.5 Å². The number of halogens is 1. The Labute approximate surface area is 218 Å². The lowest BCUT2D eigenvalue weighted by Crippen LogP contribution is -2.02. The zero-order chi connectivity index (χ0) is 24.8. The quantitative estimate of drug-likeness (QED) is 0.203. The number of rotatable bonds is 8. The molecule has 0 fully saturated rings. The fourth-order valence-corrected chi connectivity index (χ4v) is 4.46. The molecule has 4 rings (SSSR count). The molecular formula is C26H22ClN5O3S. The van der Waals surface area contributed by atoms with Crippen molar-refractivity contribution in [3.05, 3.63) is 82.6 Å². The van der Waals surface area contributed by atoms with Gasteiger partial charge in [-0.1, -0.05) is 42.9 Å². The van der Waals surface area contributed by atoms with E-state index < -0.39 is 0 Å². The van der Waals surface area contributed by atoms with E-state index in [1.807, 2.05) is 12.1 Å². The highest BCUT2D eigenvalue weighted by molar-refractivity contribution is 7.98. The van der Waals surface area contributed by atoms with Crippen molar-refractivity contribution in [1.82, 2.24) is 9.97 Å². The predicted octanol–water partition coefficient (Wildman–Crippen LogP) is 6.36. The average Bonchev–Trinajstić information content (AvgIpc) is 3.35. The van der Waals surface area contributed by atoms with E-state index in [2.05, 4.69) is 20.9 Å². The molecule has 0 atom stereocenters. The van der Waals surface area contributed by atoms with Crippen LogP contribution in [0.1, 0.15) is 18.7 Å². The highest BCUT2D eigenvalue weighted by atomic mass is 35.5. The number of hydrogen-bond donors (Lipinski definition) is 2. The maximum absolute atomic E-state index is 10.0. The Bertz CT molecular complexity index is 1420. The first-order valence-corrected chi connectivity index (χ1v) is 11.7. The van der Waals surface area contributed by atoms with Crippen LogP contribution in [-0.2, 0) is 5.75 Å². The van der Waals surface area contributed by atoms with Gasteiger partial charge in [-0.2, -0.15) is 5.26 Å². The molecule has 0 aliphatic heterocycles. The number of benzene rings is 2. The second-order valence-electron chi connectivity index (χ2n) is 7.14. The summed E-state index contributed by atoms with van der Waals surface area (Å²) in [5, 5.41) is 19.9. The van der Waals surface area contributed by atoms with Crippen LogP contribution in [0.15, 0.2) is 64.4 Å². The van der Waals surface area contributed by atoms with Crippen molar-refractivity contribution in [3.63, 3.8) is 0 Å². The van der Waals surface area contributed by atoms with Crippen molar-refractivity contribution >= 4 is 34.9 Å². The molecule has 0 aliphatic carbocycles. The van der Waals surface area contributed by atoms with E-state index in [4.69, 9.17) is 38.2 Å². The first-order valence-electron chi connectivity index (χ1n) is 10.3. The molecule has 2 aromatic carbocycles. The number of hydrogen-bond acceptors (Lipinski definition) is 8. The van der Waals surface area contributed by atoms with Gasteiger partial charge in [0.05, 0.1) is 24.4 Å². The zero-order valence-corrected chi connectivity index (χ0v) is 19.8. The summed E-state index contributed by atoms with van der Waals surface area (Å²) in [5.41, 5.74) is 9.01. The SMILES string of the molecule is C.[C-]#[N+]c1c(N)nc(SCc2ncoc2-c2ccc(Cl)cc2)c(C#N)c1-c1ccc(OCCO)cc1. The maximum atomic E-state index is 10.0. The summed E-state index contributed by atoms with van der Waals surface area (Å²) < 4.78 is 11.0. The molecule has 182 valence electrons. The Kier molecular flexibility index (Phi) is 8.93. The largest absolute Gasteiger partial charge is 0.491 e. The van der Waals surface area contributed by atoms with E-state index >= 15 is 0 Å². The number of pyridine rings is 1. The van der Waals surface area contributed by atoms with Gasteiger partial charge in [0.1, 0.15) is 29.3 Å². The van der Waals surface area contributed by atoms with Crippen molar-refractivity contribution in [2.24, 2.45) is 0 Å². The molecule has 2 aromatic heterocycles. The van der Waals surface area contributed by atoms with Crippen molar-refractivity contribution in [2.75, 3.05) is 18.9 Å². The normalized spacial score (nSPS) is 10.2. The van der Waals surface area contributed by atoms with Gasteiger partial charge in [0.2, 0.25) is 5.69 Å². The lowest BCUT2D eigenvalue weighted by Gasteiger charge is -2.13. The molecule has 10 heteroatoms. The van der Waals surface area contributed by atoms with Crippen molar-refractivity contribution in [3.8, 4) is 34.3 Å². The number of nitrogen functional groups attached to an aromatic ring is 1. The minimum atomic E-state index is -0.102. The predicted molar refractivity (Wildman–Crippen MR) is 141 cm³/mol. The smallest absolute Gasteiger partial charge is 0.236 e. The van der Waals surface area contributed by atoms with Crippen LogP contribution >= 0.6 is 23.4 Å². The number of aliphatic hydroxyl groups is 1. The minimum Gasteiger partial charge on any atom is -0.491 e. The summed E-state index contributed by atoms with van der Waals surface area (Å²) in [6.45, 7) is 7.67. The van der Waals surface area contributed by atoms with E-state index in [9.17, 15) is 5.26 Å². The van der Waals surface area contributed by atoms with Crippen LogP contribution in [0.5, 0.6) is 5.75 Å². The molecule has 3 N–H and O–H groups in total. The summed E-state index contributed by atoms with van der Waals surface area (Å²) in [7, 11) is 0. The number of nitriles is 1. The Morgan fingerprint density at radius 1 is 1.17 bits per heavy atom. The van der Waals surface area contributed by atoms with Gasteiger partial charge in [-0.05, 0) is 42.0 Å². The minimum absolute atomic E-state index is 0. The second kappa shape index (κ2) is 12.1. The number of oxazole rings is 1. The summed E-state index contributed by atoms with van der Waals surface area (Å²) in [6, 6.07) is 16.3. The van der Waals surface area contributed by atoms with Crippen LogP contribution in [0.2, 0.25) is 5.02 Å². The fourth-order valence-electron chi connectivity index (χ4n) is 3.40. The monoisotopic (exact) mass is 519 g/mol. The lowest BCUT2D eigenvalue weighted by molar-refractivity contribution is 0.201. The summed E-state index contributed by atoms with van der Waals surface area (Å²) in [5.74, 6) is 1.55. The number of anilines is 1. The van der Waals surface area contributed by atoms with E-state index in [0.717, 1.165) is 5.56 Å². The standard InChI is InChI=1S/C25H18ClN5O3S.CH4/c1-29-22-21(15-4-8-18(9-5-15)33-11-10-32)19(12-27)25(31-24(22)28)35-13-20-23(34-14-30-20)16-2-6-17(26)7-3-16;/h2-9,14,32H,10-11,13H2,(H2,28,31);1H4. The molecule has 4 aromatic rings. The second-order valence-corrected chi connectivity index (χ2v) is 8.55. The first-order chi connectivity index (χ1) is 17.0. The Morgan fingerprint density at radius 2 is 1.86 bits per heavy atom. The molecule has 0 spiro atoms. The van der Waals surface area contributed by atoms with Crippen molar-refractivity contribution in [2.45, 2.75) is 18.2 Å². The van der Waals surface area contributed by atoms with Gasteiger partial charge in [-0.3, -0.25) is 0 Å². The molecule has 36 heavy (non-hydrogen) atoms. The van der Waals surface area contributed by atoms with E-state index in [-0.39, 0.29) is 37.7 Å². The molecule has 0 saturated carbocycles. The molecule has 2 heterocycles. The zero-order valence-electron chi connectivity index (χ0n) is 18.2. The number of thioether (sulfide) groups is 1. The van der Waals surface area contributed by atoms with E-state index in [1.165, 1.54) is 18.2 Å². The number of ether oxygens (including phenoxy) is 1. The summed E-state index contributed by atoms with van der Waals surface area (Å²) in [6.07, 6.45) is 1.36. The average molecular weight is 520 g/mol. The first kappa shape index (κ1) is 26.6. The molecular weight excluding hydrogens is 498 g/mol. The number of aromatic nitrogens is 2. The van der Waals surface area contributed by atoms with Crippen LogP contribution in [0.25, 0.3) is 27.3 Å². The topological polar surface area (TPSA) is 123 Å². The van der Waals surface area contributed by atoms with Gasteiger partial charge in [0, 0.05) is 21.9 Å². The molecule has 0 unspecified atom stereocenters. The number of nitrogens with zero attached hydrogens (tertiary/aromatic N) is 4. The summed E-state index contributed by atoms with van der Waals surface area (Å²) >= 11 is 7.26. The Hall–Kier alpha value is -4.02. The van der Waals surface area contributed by atoms with Crippen LogP contribution in [0.3, 0.4) is 0 Å². The summed E-state index contributed by atoms with van der Waals surface area (Å²) in [4.78, 5) is 12.2. The van der Waals surface area contributed by atoms with Crippen LogP contribution in [0.4, 0.5) is 11.5 Å². The Morgan fingerprint density at radius 3 is 2.50 bits per heavy atom. The molecule has 0 radical (unpaired) electrons. The fraction of sp³-hybridized carbons (Fsp3) is 0.154. The number of nitrogens with two attached hydrogens (primary N) is 1. The van der Waals surface area contributed by atoms with E-state index in [1.54, 1.807) is 36.4 Å². The van der Waals surface area contributed by atoms with Crippen molar-refractivity contribution < 1.29 is 14.3 Å². The van der Waals surface area contributed by atoms with E-state index in [0.29, 0.717) is 44.1 Å². The third kappa shape index (κ3) is 5.61. The van der Waals surface area contributed by atoms with Crippen LogP contribution in [-0.4, -0.2) is 28.3 Å². The maximum Gasteiger partial charge on any atom is 0.236 e. The van der Waals surface area contributed by atoms with Crippen molar-refractivity contribution in [1.29, 1.82) is 5.26 Å². The highest BCUT2D eigenvalue weighted by Crippen LogP contribution is 2.42. The van der Waals surface area contributed by atoms with Gasteiger partial charge < -0.3 is 20.0 Å². The molecule has 0 bridgehead atoms. The Balaban J connectivity index is 0.00000361. The molecule has 8 nitrogen and oxygen atoms in total. The molecule has 0 aliphatic rings. The molecule has 0 amide bonds. The third-order valence-electron chi connectivity index (χ3n) is 4.99. The van der Waals surface area contributed by atoms with Gasteiger partial charge in [-0.25, -0.2) is 14.8 Å². The van der Waals surface area contributed by atoms with Crippen LogP contribution in [0, 0.1) is 17.9 Å². The van der Waals surface area contributed by atoms with Gasteiger partial charge in [0.25, 0.3) is 0 Å². The highest BCUT2D eigenvalue weighted by Gasteiger charge is 2.22. The van der Waals surface area contributed by atoms with Gasteiger partial charge in [0.15, 0.2) is 12.2 Å². The lowest BCUT2D eigenvalue weighted by atomic mass is 10.00. The van der Waals surface area contributed by atoms with Gasteiger partial charge in [-0.15, -0.1) is 0 Å². The van der Waals surface area contributed by atoms with Gasteiger partial charge >= 0.3 is 0 Å². The molecule has 0 saturated heterocycles. The third-order valence-corrected chi connectivity index (χ3v) is 6.22.